The number of aromatic nitrogens is 2. The molecule has 1 atom stereocenters. The van der Waals surface area contributed by atoms with Crippen LogP contribution in [0, 0.1) is 0 Å². The van der Waals surface area contributed by atoms with E-state index in [0.29, 0.717) is 19.7 Å². The van der Waals surface area contributed by atoms with Crippen molar-refractivity contribution in [1.29, 1.82) is 0 Å². The van der Waals surface area contributed by atoms with Crippen LogP contribution in [-0.2, 0) is 16.0 Å². The Balaban J connectivity index is 2.19. The minimum absolute atomic E-state index is 0.230. The fourth-order valence-corrected chi connectivity index (χ4v) is 1.94. The van der Waals surface area contributed by atoms with Crippen molar-refractivity contribution in [2.75, 3.05) is 20.3 Å². The number of aromatic amines is 1. The summed E-state index contributed by atoms with van der Waals surface area (Å²) in [6.07, 6.45) is 3.11. The van der Waals surface area contributed by atoms with Crippen LogP contribution in [-0.4, -0.2) is 48.2 Å². The van der Waals surface area contributed by atoms with E-state index in [1.54, 1.807) is 13.3 Å². The Morgan fingerprint density at radius 3 is 2.82 bits per heavy atom. The molecule has 126 valence electrons. The summed E-state index contributed by atoms with van der Waals surface area (Å²) < 4.78 is 10.4. The van der Waals surface area contributed by atoms with Crippen LogP contribution >= 0.6 is 0 Å². The van der Waals surface area contributed by atoms with Crippen LogP contribution in [0.15, 0.2) is 12.3 Å². The minimum atomic E-state index is -0.464. The maximum atomic E-state index is 11.5. The van der Waals surface area contributed by atoms with E-state index in [1.165, 1.54) is 0 Å². The standard InChI is InChI=1S/C15H28N4O3/c1-15(2,3)22-14(20)16-8-5-6-13(11-21-4)17-10-12-7-9-18-19-12/h7,9,13,17H,5-6,8,10-11H2,1-4H3,(H,16,20)(H,18,19). The molecule has 0 radical (unpaired) electrons. The third kappa shape index (κ3) is 8.63. The van der Waals surface area contributed by atoms with Crippen LogP contribution in [0.25, 0.3) is 0 Å². The summed E-state index contributed by atoms with van der Waals surface area (Å²) in [6.45, 7) is 7.47. The summed E-state index contributed by atoms with van der Waals surface area (Å²) in [5.74, 6) is 0. The summed E-state index contributed by atoms with van der Waals surface area (Å²) in [7, 11) is 1.68. The van der Waals surface area contributed by atoms with Gasteiger partial charge in [0.2, 0.25) is 0 Å². The lowest BCUT2D eigenvalue weighted by Gasteiger charge is -2.20. The molecule has 0 aliphatic rings. The second kappa shape index (κ2) is 9.42. The molecule has 0 saturated heterocycles. The first kappa shape index (κ1) is 18.4. The van der Waals surface area contributed by atoms with Gasteiger partial charge in [0, 0.05) is 38.1 Å². The van der Waals surface area contributed by atoms with Crippen molar-refractivity contribution in [3.05, 3.63) is 18.0 Å². The fraction of sp³-hybridized carbons (Fsp3) is 0.733. The summed E-state index contributed by atoms with van der Waals surface area (Å²) in [5.41, 5.74) is 0.571. The van der Waals surface area contributed by atoms with Crippen molar-refractivity contribution < 1.29 is 14.3 Å². The Hall–Kier alpha value is -1.60. The molecule has 0 fully saturated rings. The number of carbonyl (C=O) groups excluding carboxylic acids is 1. The molecule has 7 nitrogen and oxygen atoms in total. The number of alkyl carbamates (subject to hydrolysis) is 1. The SMILES string of the molecule is COCC(CCCNC(=O)OC(C)(C)C)NCc1ccn[nH]1. The predicted molar refractivity (Wildman–Crippen MR) is 84.6 cm³/mol. The topological polar surface area (TPSA) is 88.3 Å². The van der Waals surface area contributed by atoms with Crippen molar-refractivity contribution in [1.82, 2.24) is 20.8 Å². The van der Waals surface area contributed by atoms with Crippen LogP contribution in [0.2, 0.25) is 0 Å². The summed E-state index contributed by atoms with van der Waals surface area (Å²) in [4.78, 5) is 11.5. The molecule has 0 aromatic carbocycles. The van der Waals surface area contributed by atoms with Gasteiger partial charge in [-0.1, -0.05) is 0 Å². The van der Waals surface area contributed by atoms with E-state index in [2.05, 4.69) is 20.8 Å². The quantitative estimate of drug-likeness (QED) is 0.605. The van der Waals surface area contributed by atoms with Gasteiger partial charge in [0.25, 0.3) is 0 Å². The molecule has 22 heavy (non-hydrogen) atoms. The van der Waals surface area contributed by atoms with E-state index in [9.17, 15) is 4.79 Å². The Morgan fingerprint density at radius 2 is 2.23 bits per heavy atom. The van der Waals surface area contributed by atoms with Crippen LogP contribution < -0.4 is 10.6 Å². The lowest BCUT2D eigenvalue weighted by molar-refractivity contribution is 0.0526. The molecule has 1 amide bonds. The number of hydrogen-bond donors (Lipinski definition) is 3. The summed E-state index contributed by atoms with van der Waals surface area (Å²) >= 11 is 0. The van der Waals surface area contributed by atoms with Crippen LogP contribution in [0.3, 0.4) is 0 Å². The number of hydrogen-bond acceptors (Lipinski definition) is 5. The van der Waals surface area contributed by atoms with Gasteiger partial charge in [0.15, 0.2) is 0 Å². The first-order valence-electron chi connectivity index (χ1n) is 7.58. The van der Waals surface area contributed by atoms with Gasteiger partial charge in [0.05, 0.1) is 6.61 Å². The second-order valence-electron chi connectivity index (χ2n) is 6.19. The van der Waals surface area contributed by atoms with Gasteiger partial charge in [-0.2, -0.15) is 5.10 Å². The number of carbonyl (C=O) groups is 1. The molecule has 1 aromatic rings. The number of H-pyrrole nitrogens is 1. The zero-order valence-electron chi connectivity index (χ0n) is 13.9. The molecule has 0 saturated carbocycles. The molecule has 7 heteroatoms. The highest BCUT2D eigenvalue weighted by Gasteiger charge is 2.15. The molecule has 0 spiro atoms. The number of methoxy groups -OCH3 is 1. The lowest BCUT2D eigenvalue weighted by atomic mass is 10.1. The summed E-state index contributed by atoms with van der Waals surface area (Å²) in [6, 6.07) is 2.16. The molecule has 1 rings (SSSR count). The Bertz CT molecular complexity index is 415. The number of amides is 1. The highest BCUT2D eigenvalue weighted by molar-refractivity contribution is 5.67. The van der Waals surface area contributed by atoms with E-state index >= 15 is 0 Å². The number of rotatable bonds is 9. The average Bonchev–Trinajstić information content (AvgIpc) is 2.92. The molecule has 3 N–H and O–H groups in total. The van der Waals surface area contributed by atoms with E-state index < -0.39 is 5.60 Å². The lowest BCUT2D eigenvalue weighted by Crippen LogP contribution is -2.35. The van der Waals surface area contributed by atoms with Crippen molar-refractivity contribution in [3.8, 4) is 0 Å². The van der Waals surface area contributed by atoms with Crippen molar-refractivity contribution in [2.24, 2.45) is 0 Å². The molecular formula is C15H28N4O3. The maximum Gasteiger partial charge on any atom is 0.407 e. The minimum Gasteiger partial charge on any atom is -0.444 e. The first-order valence-corrected chi connectivity index (χ1v) is 7.58. The van der Waals surface area contributed by atoms with Crippen LogP contribution in [0.4, 0.5) is 4.79 Å². The second-order valence-corrected chi connectivity index (χ2v) is 6.19. The van der Waals surface area contributed by atoms with Gasteiger partial charge in [-0.15, -0.1) is 0 Å². The smallest absolute Gasteiger partial charge is 0.407 e. The normalized spacial score (nSPS) is 12.9. The fourth-order valence-electron chi connectivity index (χ4n) is 1.94. The molecule has 0 bridgehead atoms. The van der Waals surface area contributed by atoms with Gasteiger partial charge in [0.1, 0.15) is 5.60 Å². The number of nitrogens with zero attached hydrogens (tertiary/aromatic N) is 1. The Kier molecular flexibility index (Phi) is 7.90. The summed E-state index contributed by atoms with van der Waals surface area (Å²) in [5, 5.41) is 13.0. The largest absolute Gasteiger partial charge is 0.444 e. The number of nitrogens with one attached hydrogen (secondary N) is 3. The maximum absolute atomic E-state index is 11.5. The third-order valence-corrected chi connectivity index (χ3v) is 2.91. The molecular weight excluding hydrogens is 284 g/mol. The van der Waals surface area contributed by atoms with Gasteiger partial charge in [-0.05, 0) is 39.7 Å². The van der Waals surface area contributed by atoms with E-state index in [4.69, 9.17) is 9.47 Å². The van der Waals surface area contributed by atoms with Gasteiger partial charge < -0.3 is 20.1 Å². The average molecular weight is 312 g/mol. The molecule has 0 aliphatic heterocycles. The zero-order valence-corrected chi connectivity index (χ0v) is 13.9. The van der Waals surface area contributed by atoms with Crippen molar-refractivity contribution >= 4 is 6.09 Å². The Labute approximate surface area is 132 Å². The molecule has 1 unspecified atom stereocenters. The highest BCUT2D eigenvalue weighted by atomic mass is 16.6. The van der Waals surface area contributed by atoms with Crippen LogP contribution in [0.5, 0.6) is 0 Å². The van der Waals surface area contributed by atoms with E-state index in [-0.39, 0.29) is 12.1 Å². The highest BCUT2D eigenvalue weighted by Crippen LogP contribution is 2.06. The number of ether oxygens (including phenoxy) is 2. The molecule has 1 aromatic heterocycles. The third-order valence-electron chi connectivity index (χ3n) is 2.91. The first-order chi connectivity index (χ1) is 10.4. The Morgan fingerprint density at radius 1 is 1.45 bits per heavy atom. The van der Waals surface area contributed by atoms with Crippen molar-refractivity contribution in [2.45, 2.75) is 51.8 Å². The van der Waals surface area contributed by atoms with E-state index in [1.807, 2.05) is 26.8 Å². The monoisotopic (exact) mass is 312 g/mol. The molecule has 0 aliphatic carbocycles. The van der Waals surface area contributed by atoms with Crippen LogP contribution in [0.1, 0.15) is 39.3 Å². The predicted octanol–water partition coefficient (Wildman–Crippen LogP) is 1.82. The van der Waals surface area contributed by atoms with E-state index in [0.717, 1.165) is 18.5 Å². The zero-order chi connectivity index (χ0) is 16.4. The van der Waals surface area contributed by atoms with Gasteiger partial charge in [-0.3, -0.25) is 5.10 Å². The van der Waals surface area contributed by atoms with Gasteiger partial charge >= 0.3 is 6.09 Å². The van der Waals surface area contributed by atoms with Gasteiger partial charge in [-0.25, -0.2) is 4.79 Å². The molecule has 1 heterocycles. The van der Waals surface area contributed by atoms with Crippen molar-refractivity contribution in [3.63, 3.8) is 0 Å².